The number of benzene rings is 2. The molecule has 0 unspecified atom stereocenters. The third-order valence-corrected chi connectivity index (χ3v) is 3.43. The largest absolute Gasteiger partial charge is 0.497 e. The molecule has 0 aliphatic heterocycles. The molecule has 124 valence electrons. The average molecular weight is 323 g/mol. The van der Waals surface area contributed by atoms with Gasteiger partial charge in [0.25, 0.3) is 0 Å². The van der Waals surface area contributed by atoms with Gasteiger partial charge in [0, 0.05) is 18.1 Å². The highest BCUT2D eigenvalue weighted by molar-refractivity contribution is 5.76. The first-order valence-corrected chi connectivity index (χ1v) is 7.74. The van der Waals surface area contributed by atoms with Gasteiger partial charge in [-0.2, -0.15) is 0 Å². The highest BCUT2D eigenvalue weighted by atomic mass is 16.5. The normalized spacial score (nSPS) is 9.58. The Morgan fingerprint density at radius 1 is 1.04 bits per heavy atom. The van der Waals surface area contributed by atoms with Crippen molar-refractivity contribution in [1.29, 1.82) is 0 Å². The Kier molecular flexibility index (Phi) is 6.73. The third-order valence-electron chi connectivity index (χ3n) is 3.43. The molecule has 0 radical (unpaired) electrons. The average Bonchev–Trinajstić information content (AvgIpc) is 2.64. The van der Waals surface area contributed by atoms with Crippen molar-refractivity contribution in [1.82, 2.24) is 5.32 Å². The number of hydrogen-bond acceptors (Lipinski definition) is 3. The van der Waals surface area contributed by atoms with Crippen LogP contribution in [0.3, 0.4) is 0 Å². The minimum absolute atomic E-state index is 0.0286. The van der Waals surface area contributed by atoms with E-state index in [1.54, 1.807) is 14.2 Å². The van der Waals surface area contributed by atoms with Crippen molar-refractivity contribution in [3.05, 3.63) is 59.7 Å². The van der Waals surface area contributed by atoms with Crippen molar-refractivity contribution in [2.24, 2.45) is 0 Å². The van der Waals surface area contributed by atoms with E-state index in [0.717, 1.165) is 22.6 Å². The topological polar surface area (TPSA) is 47.6 Å². The maximum Gasteiger partial charge on any atom is 0.221 e. The molecule has 24 heavy (non-hydrogen) atoms. The number of ether oxygens (including phenoxy) is 2. The number of amides is 1. The molecule has 0 heterocycles. The fourth-order valence-electron chi connectivity index (χ4n) is 2.17. The third kappa shape index (κ3) is 5.69. The second-order valence-electron chi connectivity index (χ2n) is 5.17. The predicted molar refractivity (Wildman–Crippen MR) is 94.2 cm³/mol. The molecule has 2 aromatic carbocycles. The van der Waals surface area contributed by atoms with Crippen molar-refractivity contribution < 1.29 is 14.3 Å². The van der Waals surface area contributed by atoms with E-state index in [0.29, 0.717) is 19.4 Å². The van der Waals surface area contributed by atoms with E-state index < -0.39 is 0 Å². The molecular formula is C20H21NO3. The Bertz CT molecular complexity index is 707. The van der Waals surface area contributed by atoms with Crippen molar-refractivity contribution in [3.63, 3.8) is 0 Å². The van der Waals surface area contributed by atoms with Gasteiger partial charge in [-0.3, -0.25) is 4.79 Å². The number of nitrogens with one attached hydrogen (secondary N) is 1. The number of aryl methyl sites for hydroxylation is 1. The van der Waals surface area contributed by atoms with Gasteiger partial charge in [0.1, 0.15) is 11.5 Å². The molecule has 2 rings (SSSR count). The molecule has 1 N–H and O–H groups in total. The van der Waals surface area contributed by atoms with Crippen LogP contribution in [0.2, 0.25) is 0 Å². The lowest BCUT2D eigenvalue weighted by molar-refractivity contribution is -0.120. The Balaban J connectivity index is 1.80. The second kappa shape index (κ2) is 9.26. The number of rotatable bonds is 6. The molecule has 0 fully saturated rings. The van der Waals surface area contributed by atoms with E-state index in [9.17, 15) is 4.79 Å². The Hall–Kier alpha value is -2.93. The monoisotopic (exact) mass is 323 g/mol. The van der Waals surface area contributed by atoms with E-state index in [4.69, 9.17) is 9.47 Å². The van der Waals surface area contributed by atoms with Crippen LogP contribution in [0, 0.1) is 11.8 Å². The first-order valence-electron chi connectivity index (χ1n) is 7.74. The van der Waals surface area contributed by atoms with Crippen molar-refractivity contribution in [2.45, 2.75) is 12.8 Å². The summed E-state index contributed by atoms with van der Waals surface area (Å²) < 4.78 is 10.5. The Labute approximate surface area is 142 Å². The molecule has 4 heteroatoms. The maximum absolute atomic E-state index is 11.9. The van der Waals surface area contributed by atoms with E-state index in [1.165, 1.54) is 0 Å². The zero-order chi connectivity index (χ0) is 17.2. The van der Waals surface area contributed by atoms with E-state index in [2.05, 4.69) is 17.2 Å². The van der Waals surface area contributed by atoms with Crippen LogP contribution >= 0.6 is 0 Å². The number of carbonyl (C=O) groups is 1. The number of hydrogen-bond donors (Lipinski definition) is 1. The van der Waals surface area contributed by atoms with Crippen LogP contribution in [0.4, 0.5) is 0 Å². The van der Waals surface area contributed by atoms with E-state index in [1.807, 2.05) is 48.5 Å². The molecule has 0 bridgehead atoms. The van der Waals surface area contributed by atoms with Crippen LogP contribution < -0.4 is 14.8 Å². The van der Waals surface area contributed by atoms with Gasteiger partial charge in [0.05, 0.1) is 20.8 Å². The fourth-order valence-corrected chi connectivity index (χ4v) is 2.17. The van der Waals surface area contributed by atoms with Gasteiger partial charge in [-0.05, 0) is 36.2 Å². The molecule has 0 spiro atoms. The summed E-state index contributed by atoms with van der Waals surface area (Å²) in [4.78, 5) is 11.9. The molecule has 0 saturated heterocycles. The van der Waals surface area contributed by atoms with Crippen LogP contribution in [0.5, 0.6) is 11.5 Å². The molecular weight excluding hydrogens is 302 g/mol. The minimum Gasteiger partial charge on any atom is -0.497 e. The molecule has 0 aliphatic rings. The van der Waals surface area contributed by atoms with E-state index in [-0.39, 0.29) is 5.91 Å². The van der Waals surface area contributed by atoms with Crippen molar-refractivity contribution in [2.75, 3.05) is 20.8 Å². The predicted octanol–water partition coefficient (Wildman–Crippen LogP) is 2.80. The van der Waals surface area contributed by atoms with Gasteiger partial charge in [-0.25, -0.2) is 0 Å². The minimum atomic E-state index is -0.0286. The summed E-state index contributed by atoms with van der Waals surface area (Å²) in [7, 11) is 3.22. The summed E-state index contributed by atoms with van der Waals surface area (Å²) in [5.74, 6) is 7.36. The zero-order valence-electron chi connectivity index (χ0n) is 14.0. The van der Waals surface area contributed by atoms with Crippen LogP contribution in [-0.4, -0.2) is 26.7 Å². The van der Waals surface area contributed by atoms with Gasteiger partial charge in [-0.15, -0.1) is 0 Å². The fraction of sp³-hybridized carbons (Fsp3) is 0.250. The van der Waals surface area contributed by atoms with Gasteiger partial charge in [0.15, 0.2) is 0 Å². The highest BCUT2D eigenvalue weighted by Gasteiger charge is 2.05. The lowest BCUT2D eigenvalue weighted by atomic mass is 10.1. The highest BCUT2D eigenvalue weighted by Crippen LogP contribution is 2.23. The summed E-state index contributed by atoms with van der Waals surface area (Å²) >= 11 is 0. The van der Waals surface area contributed by atoms with E-state index >= 15 is 0 Å². The number of carbonyl (C=O) groups excluding carboxylic acids is 1. The summed E-state index contributed by atoms with van der Waals surface area (Å²) in [6.07, 6.45) is 1.01. The Morgan fingerprint density at radius 2 is 1.71 bits per heavy atom. The molecule has 2 aromatic rings. The Morgan fingerprint density at radius 3 is 2.33 bits per heavy atom. The van der Waals surface area contributed by atoms with Gasteiger partial charge < -0.3 is 14.8 Å². The summed E-state index contributed by atoms with van der Waals surface area (Å²) in [5.41, 5.74) is 1.94. The summed E-state index contributed by atoms with van der Waals surface area (Å²) in [6, 6.07) is 15.3. The molecule has 0 atom stereocenters. The molecule has 1 amide bonds. The smallest absolute Gasteiger partial charge is 0.221 e. The van der Waals surface area contributed by atoms with Crippen LogP contribution in [0.1, 0.15) is 17.5 Å². The van der Waals surface area contributed by atoms with Gasteiger partial charge >= 0.3 is 0 Å². The SMILES string of the molecule is COc1cc(CCC(=O)NCC#Cc2ccccc2)cc(OC)c1. The first kappa shape index (κ1) is 17.4. The molecule has 4 nitrogen and oxygen atoms in total. The van der Waals surface area contributed by atoms with Crippen LogP contribution in [0.15, 0.2) is 48.5 Å². The number of methoxy groups -OCH3 is 2. The van der Waals surface area contributed by atoms with Gasteiger partial charge in [0.2, 0.25) is 5.91 Å². The maximum atomic E-state index is 11.9. The van der Waals surface area contributed by atoms with Gasteiger partial charge in [-0.1, -0.05) is 30.0 Å². The lowest BCUT2D eigenvalue weighted by Gasteiger charge is -2.08. The zero-order valence-corrected chi connectivity index (χ0v) is 14.0. The summed E-state index contributed by atoms with van der Waals surface area (Å²) in [6.45, 7) is 0.342. The van der Waals surface area contributed by atoms with Crippen molar-refractivity contribution >= 4 is 5.91 Å². The molecule has 0 aliphatic carbocycles. The molecule has 0 aromatic heterocycles. The second-order valence-corrected chi connectivity index (χ2v) is 5.17. The van der Waals surface area contributed by atoms with Crippen LogP contribution in [0.25, 0.3) is 0 Å². The lowest BCUT2D eigenvalue weighted by Crippen LogP contribution is -2.23. The van der Waals surface area contributed by atoms with Crippen LogP contribution in [-0.2, 0) is 11.2 Å². The standard InChI is InChI=1S/C20H21NO3/c1-23-18-13-17(14-19(15-18)24-2)10-11-20(22)21-12-6-9-16-7-4-3-5-8-16/h3-5,7-8,13-15H,10-12H2,1-2H3,(H,21,22). The summed E-state index contributed by atoms with van der Waals surface area (Å²) in [5, 5.41) is 2.81. The first-order chi connectivity index (χ1) is 11.7. The quantitative estimate of drug-likeness (QED) is 0.832. The molecule has 0 saturated carbocycles. The van der Waals surface area contributed by atoms with Crippen molar-refractivity contribution in [3.8, 4) is 23.3 Å².